The van der Waals surface area contributed by atoms with Crippen molar-refractivity contribution in [1.82, 2.24) is 0 Å². The Labute approximate surface area is 72.8 Å². The van der Waals surface area contributed by atoms with E-state index in [1.54, 1.807) is 0 Å². The van der Waals surface area contributed by atoms with Crippen LogP contribution in [0.2, 0.25) is 0 Å². The molecule has 0 saturated heterocycles. The molecule has 0 aromatic carbocycles. The first-order chi connectivity index (χ1) is 4.62. The van der Waals surface area contributed by atoms with Crippen LogP contribution in [0.4, 0.5) is 0 Å². The molecular formula is C9H17Br. The van der Waals surface area contributed by atoms with Gasteiger partial charge >= 0.3 is 0 Å². The summed E-state index contributed by atoms with van der Waals surface area (Å²) in [5.74, 6) is 0. The molecule has 0 bridgehead atoms. The summed E-state index contributed by atoms with van der Waals surface area (Å²) in [5, 5.41) is 0.979. The third-order valence-electron chi connectivity index (χ3n) is 1.88. The standard InChI is InChI=1S/C9H17Br/c1-4-9(2,3)7-5-6-8-10/h5-6H,4,7-8H2,1-3H3/b6-5+. The summed E-state index contributed by atoms with van der Waals surface area (Å²) < 4.78 is 0. The second kappa shape index (κ2) is 4.95. The Hall–Kier alpha value is 0.220. The minimum Gasteiger partial charge on any atom is -0.0883 e. The van der Waals surface area contributed by atoms with Gasteiger partial charge in [0.15, 0.2) is 0 Å². The van der Waals surface area contributed by atoms with Crippen LogP contribution in [0.1, 0.15) is 33.6 Å². The molecule has 0 aliphatic carbocycles. The van der Waals surface area contributed by atoms with Crippen molar-refractivity contribution in [3.05, 3.63) is 12.2 Å². The van der Waals surface area contributed by atoms with Crippen molar-refractivity contribution in [3.8, 4) is 0 Å². The maximum absolute atomic E-state index is 3.35. The average molecular weight is 205 g/mol. The van der Waals surface area contributed by atoms with Crippen LogP contribution in [-0.4, -0.2) is 5.33 Å². The third-order valence-corrected chi connectivity index (χ3v) is 2.26. The number of halogens is 1. The van der Waals surface area contributed by atoms with Gasteiger partial charge in [-0.05, 0) is 11.8 Å². The SMILES string of the molecule is CCC(C)(C)C/C=C/CBr. The Morgan fingerprint density at radius 3 is 2.30 bits per heavy atom. The van der Waals surface area contributed by atoms with Gasteiger partial charge in [0.05, 0.1) is 0 Å². The lowest BCUT2D eigenvalue weighted by atomic mass is 9.86. The molecule has 0 atom stereocenters. The van der Waals surface area contributed by atoms with Crippen molar-refractivity contribution >= 4 is 15.9 Å². The Kier molecular flexibility index (Phi) is 5.06. The molecule has 0 aliphatic rings. The zero-order chi connectivity index (χ0) is 8.04. The van der Waals surface area contributed by atoms with Gasteiger partial charge in [0.1, 0.15) is 0 Å². The van der Waals surface area contributed by atoms with Crippen LogP contribution in [0.3, 0.4) is 0 Å². The second-order valence-corrected chi connectivity index (χ2v) is 4.00. The molecule has 0 aromatic rings. The van der Waals surface area contributed by atoms with Gasteiger partial charge in [-0.2, -0.15) is 0 Å². The van der Waals surface area contributed by atoms with Gasteiger partial charge in [0.2, 0.25) is 0 Å². The predicted molar refractivity (Wildman–Crippen MR) is 51.6 cm³/mol. The molecule has 0 aromatic heterocycles. The number of hydrogen-bond donors (Lipinski definition) is 0. The predicted octanol–water partition coefficient (Wildman–Crippen LogP) is 3.76. The van der Waals surface area contributed by atoms with E-state index in [-0.39, 0.29) is 0 Å². The first kappa shape index (κ1) is 10.2. The van der Waals surface area contributed by atoms with E-state index >= 15 is 0 Å². The number of rotatable bonds is 4. The largest absolute Gasteiger partial charge is 0.0883 e. The highest BCUT2D eigenvalue weighted by Crippen LogP contribution is 2.24. The van der Waals surface area contributed by atoms with E-state index in [0.29, 0.717) is 5.41 Å². The zero-order valence-electron chi connectivity index (χ0n) is 7.15. The molecule has 0 unspecified atom stereocenters. The van der Waals surface area contributed by atoms with E-state index in [1.165, 1.54) is 12.8 Å². The topological polar surface area (TPSA) is 0 Å². The lowest BCUT2D eigenvalue weighted by Crippen LogP contribution is -2.07. The monoisotopic (exact) mass is 204 g/mol. The minimum absolute atomic E-state index is 0.485. The van der Waals surface area contributed by atoms with Gasteiger partial charge in [-0.3, -0.25) is 0 Å². The van der Waals surface area contributed by atoms with Gasteiger partial charge in [-0.1, -0.05) is 55.3 Å². The Morgan fingerprint density at radius 1 is 1.30 bits per heavy atom. The summed E-state index contributed by atoms with van der Waals surface area (Å²) in [6, 6.07) is 0. The van der Waals surface area contributed by atoms with E-state index in [2.05, 4.69) is 48.9 Å². The Morgan fingerprint density at radius 2 is 1.90 bits per heavy atom. The summed E-state index contributed by atoms with van der Waals surface area (Å²) >= 11 is 3.35. The summed E-state index contributed by atoms with van der Waals surface area (Å²) in [7, 11) is 0. The van der Waals surface area contributed by atoms with Gasteiger partial charge in [-0.25, -0.2) is 0 Å². The van der Waals surface area contributed by atoms with Crippen molar-refractivity contribution < 1.29 is 0 Å². The van der Waals surface area contributed by atoms with Crippen molar-refractivity contribution in [2.24, 2.45) is 5.41 Å². The summed E-state index contributed by atoms with van der Waals surface area (Å²) in [6.45, 7) is 6.83. The van der Waals surface area contributed by atoms with Crippen molar-refractivity contribution in [1.29, 1.82) is 0 Å². The molecular weight excluding hydrogens is 188 g/mol. The van der Waals surface area contributed by atoms with Crippen LogP contribution in [-0.2, 0) is 0 Å². The summed E-state index contributed by atoms with van der Waals surface area (Å²) in [6.07, 6.45) is 6.85. The van der Waals surface area contributed by atoms with Gasteiger partial charge in [0, 0.05) is 5.33 Å². The first-order valence-corrected chi connectivity index (χ1v) is 4.95. The van der Waals surface area contributed by atoms with Crippen LogP contribution in [0.25, 0.3) is 0 Å². The Bertz CT molecular complexity index is 103. The number of alkyl halides is 1. The fraction of sp³-hybridized carbons (Fsp3) is 0.778. The lowest BCUT2D eigenvalue weighted by molar-refractivity contribution is 0.357. The second-order valence-electron chi connectivity index (χ2n) is 3.35. The van der Waals surface area contributed by atoms with Crippen LogP contribution < -0.4 is 0 Å². The molecule has 60 valence electrons. The summed E-state index contributed by atoms with van der Waals surface area (Å²) in [5.41, 5.74) is 0.485. The zero-order valence-corrected chi connectivity index (χ0v) is 8.74. The molecule has 0 spiro atoms. The molecule has 0 aliphatic heterocycles. The first-order valence-electron chi connectivity index (χ1n) is 3.83. The van der Waals surface area contributed by atoms with E-state index in [0.717, 1.165) is 5.33 Å². The molecule has 0 radical (unpaired) electrons. The quantitative estimate of drug-likeness (QED) is 0.484. The van der Waals surface area contributed by atoms with Crippen molar-refractivity contribution in [2.75, 3.05) is 5.33 Å². The molecule has 0 rings (SSSR count). The maximum Gasteiger partial charge on any atom is 0.0212 e. The highest BCUT2D eigenvalue weighted by molar-refractivity contribution is 9.09. The number of hydrogen-bond acceptors (Lipinski definition) is 0. The molecule has 0 saturated carbocycles. The van der Waals surface area contributed by atoms with E-state index in [9.17, 15) is 0 Å². The van der Waals surface area contributed by atoms with Crippen molar-refractivity contribution in [2.45, 2.75) is 33.6 Å². The van der Waals surface area contributed by atoms with Crippen LogP contribution in [0, 0.1) is 5.41 Å². The van der Waals surface area contributed by atoms with E-state index in [4.69, 9.17) is 0 Å². The van der Waals surface area contributed by atoms with Gasteiger partial charge in [0.25, 0.3) is 0 Å². The molecule has 10 heavy (non-hydrogen) atoms. The molecule has 0 nitrogen and oxygen atoms in total. The molecule has 0 amide bonds. The van der Waals surface area contributed by atoms with Crippen LogP contribution in [0.5, 0.6) is 0 Å². The fourth-order valence-corrected chi connectivity index (χ4v) is 0.874. The molecule has 1 heteroatoms. The normalized spacial score (nSPS) is 12.8. The minimum atomic E-state index is 0.485. The fourth-order valence-electron chi connectivity index (χ4n) is 0.610. The Balaban J connectivity index is 3.56. The maximum atomic E-state index is 3.35. The smallest absolute Gasteiger partial charge is 0.0212 e. The molecule has 0 N–H and O–H groups in total. The third kappa shape index (κ3) is 5.04. The van der Waals surface area contributed by atoms with Crippen LogP contribution >= 0.6 is 15.9 Å². The van der Waals surface area contributed by atoms with E-state index in [1.807, 2.05) is 0 Å². The summed E-state index contributed by atoms with van der Waals surface area (Å²) in [4.78, 5) is 0. The molecule has 0 heterocycles. The average Bonchev–Trinajstić information content (AvgIpc) is 1.89. The lowest BCUT2D eigenvalue weighted by Gasteiger charge is -2.19. The van der Waals surface area contributed by atoms with E-state index < -0.39 is 0 Å². The van der Waals surface area contributed by atoms with Crippen molar-refractivity contribution in [3.63, 3.8) is 0 Å². The highest BCUT2D eigenvalue weighted by Gasteiger charge is 2.11. The van der Waals surface area contributed by atoms with Gasteiger partial charge in [-0.15, -0.1) is 0 Å². The molecule has 0 fully saturated rings. The van der Waals surface area contributed by atoms with Crippen LogP contribution in [0.15, 0.2) is 12.2 Å². The van der Waals surface area contributed by atoms with Gasteiger partial charge < -0.3 is 0 Å². The number of allylic oxidation sites excluding steroid dienone is 2. The highest BCUT2D eigenvalue weighted by atomic mass is 79.9.